The van der Waals surface area contributed by atoms with E-state index < -0.39 is 11.7 Å². The Kier molecular flexibility index (Phi) is 9.79. The molecule has 0 amide bonds. The van der Waals surface area contributed by atoms with Gasteiger partial charge in [-0.25, -0.2) is 9.98 Å². The molecule has 1 aliphatic heterocycles. The minimum absolute atomic E-state index is 0.263. The standard InChI is InChI=1S/C55H56N6/c1-35-29-30-49-44(31-35)45-32-43-42-26-16-18-28-47(42)55(40-23-11-8-12-24-40,46-27-17-14-20-37(46)3)48(43)33-50(45)61(49)54(56)59(5)34-38(4)52-57-51(39-21-9-7-10-22-39)58-53(60(52)6)41-25-15-13-19-36(41)2/h7-18,21-30,32-37,52,54H,19-20,31,56H2,1-6H3/b38-34+. The van der Waals surface area contributed by atoms with Gasteiger partial charge in [-0.3, -0.25) is 5.73 Å². The molecule has 2 heterocycles. The Morgan fingerprint density at radius 2 is 1.56 bits per heavy atom. The van der Waals surface area contributed by atoms with Gasteiger partial charge in [0.2, 0.25) is 0 Å². The topological polar surface area (TPSA) is 62.1 Å². The third-order valence-corrected chi connectivity index (χ3v) is 13.9. The number of fused-ring (bicyclic) bond motifs is 6. The van der Waals surface area contributed by atoms with E-state index in [-0.39, 0.29) is 6.17 Å². The van der Waals surface area contributed by atoms with Gasteiger partial charge in [-0.05, 0) is 112 Å². The largest absolute Gasteiger partial charge is 0.348 e. The van der Waals surface area contributed by atoms with Gasteiger partial charge in [0.05, 0.1) is 10.9 Å². The molecule has 6 atom stereocenters. The Morgan fingerprint density at radius 3 is 2.31 bits per heavy atom. The van der Waals surface area contributed by atoms with Gasteiger partial charge in [0.25, 0.3) is 0 Å². The number of allylic oxidation sites excluding steroid dienone is 8. The Morgan fingerprint density at radius 1 is 0.852 bits per heavy atom. The SMILES string of the molecule is C/C(=C\N(C)C(N)n1c2c(c3cc4c(cc31)C(C1=CC=CCC1C)(c1ccccc1)c1ccccc1-4)CC(C)C=C2)C1N=C(c2ccccc2)N=C(C2=CC=CCC2C)N1C. The number of benzene rings is 4. The highest BCUT2D eigenvalue weighted by Gasteiger charge is 2.49. The molecule has 6 nitrogen and oxygen atoms in total. The van der Waals surface area contributed by atoms with E-state index in [4.69, 9.17) is 15.7 Å². The van der Waals surface area contributed by atoms with Crippen molar-refractivity contribution in [1.29, 1.82) is 0 Å². The van der Waals surface area contributed by atoms with E-state index in [1.165, 1.54) is 61.1 Å². The normalized spacial score (nSPS) is 24.7. The minimum atomic E-state index is -0.492. The highest BCUT2D eigenvalue weighted by molar-refractivity contribution is 6.13. The molecule has 2 N–H and O–H groups in total. The lowest BCUT2D eigenvalue weighted by Crippen LogP contribution is -2.43. The second kappa shape index (κ2) is 15.3. The van der Waals surface area contributed by atoms with Gasteiger partial charge in [-0.15, -0.1) is 0 Å². The molecule has 5 aromatic rings. The molecular formula is C55H56N6. The van der Waals surface area contributed by atoms with Crippen molar-refractivity contribution in [3.63, 3.8) is 0 Å². The summed E-state index contributed by atoms with van der Waals surface area (Å²) in [6.07, 6.45) is 22.7. The van der Waals surface area contributed by atoms with Crippen molar-refractivity contribution < 1.29 is 0 Å². The Balaban J connectivity index is 1.12. The van der Waals surface area contributed by atoms with E-state index >= 15 is 0 Å². The van der Waals surface area contributed by atoms with Crippen LogP contribution in [0.25, 0.3) is 28.1 Å². The van der Waals surface area contributed by atoms with E-state index in [1.807, 2.05) is 6.07 Å². The van der Waals surface area contributed by atoms with Crippen molar-refractivity contribution in [3.05, 3.63) is 196 Å². The Labute approximate surface area is 361 Å². The molecule has 0 spiro atoms. The first-order valence-corrected chi connectivity index (χ1v) is 22.1. The molecule has 0 saturated heterocycles. The molecule has 6 heteroatoms. The number of amidine groups is 2. The second-order valence-electron chi connectivity index (χ2n) is 17.9. The first-order chi connectivity index (χ1) is 29.7. The van der Waals surface area contributed by atoms with Crippen LogP contribution in [0.1, 0.15) is 80.3 Å². The molecule has 0 saturated carbocycles. The fraction of sp³-hybridized carbons (Fsp3) is 0.273. The van der Waals surface area contributed by atoms with Gasteiger partial charge in [0.1, 0.15) is 12.0 Å². The summed E-state index contributed by atoms with van der Waals surface area (Å²) in [5, 5.41) is 1.28. The third kappa shape index (κ3) is 6.25. The van der Waals surface area contributed by atoms with Crippen molar-refractivity contribution >= 4 is 28.7 Å². The van der Waals surface area contributed by atoms with Crippen LogP contribution in [0.15, 0.2) is 172 Å². The molecule has 10 rings (SSSR count). The molecule has 4 aliphatic carbocycles. The lowest BCUT2D eigenvalue weighted by atomic mass is 9.63. The van der Waals surface area contributed by atoms with Crippen LogP contribution >= 0.6 is 0 Å². The maximum absolute atomic E-state index is 7.57. The molecule has 0 radical (unpaired) electrons. The molecular weight excluding hydrogens is 745 g/mol. The van der Waals surface area contributed by atoms with Gasteiger partial charge in [0.15, 0.2) is 12.1 Å². The summed E-state index contributed by atoms with van der Waals surface area (Å²) in [5.74, 6) is 2.87. The van der Waals surface area contributed by atoms with Gasteiger partial charge in [-0.1, -0.05) is 148 Å². The minimum Gasteiger partial charge on any atom is -0.348 e. The number of aromatic nitrogens is 1. The van der Waals surface area contributed by atoms with Gasteiger partial charge < -0.3 is 14.4 Å². The molecule has 0 fully saturated rings. The number of nitrogens with zero attached hydrogens (tertiary/aromatic N) is 5. The fourth-order valence-corrected chi connectivity index (χ4v) is 10.8. The van der Waals surface area contributed by atoms with Gasteiger partial charge in [0, 0.05) is 36.9 Å². The summed E-state index contributed by atoms with van der Waals surface area (Å²) in [4.78, 5) is 14.9. The van der Waals surface area contributed by atoms with Gasteiger partial charge in [-0.2, -0.15) is 0 Å². The van der Waals surface area contributed by atoms with Crippen LogP contribution < -0.4 is 5.73 Å². The van der Waals surface area contributed by atoms with Crippen LogP contribution in [-0.4, -0.2) is 46.3 Å². The number of aliphatic imine (C=N–C) groups is 2. The molecule has 61 heavy (non-hydrogen) atoms. The Bertz CT molecular complexity index is 2790. The average Bonchev–Trinajstić information content (AvgIpc) is 3.75. The van der Waals surface area contributed by atoms with Crippen LogP contribution in [0.3, 0.4) is 0 Å². The molecule has 0 bridgehead atoms. The molecule has 1 aromatic heterocycles. The van der Waals surface area contributed by atoms with Crippen LogP contribution in [0, 0.1) is 17.8 Å². The third-order valence-electron chi connectivity index (χ3n) is 13.9. The van der Waals surface area contributed by atoms with Crippen LogP contribution in [0.4, 0.5) is 0 Å². The lowest BCUT2D eigenvalue weighted by molar-refractivity contribution is 0.254. The zero-order valence-corrected chi connectivity index (χ0v) is 36.3. The van der Waals surface area contributed by atoms with Crippen LogP contribution in [0.5, 0.6) is 0 Å². The van der Waals surface area contributed by atoms with E-state index in [1.54, 1.807) is 0 Å². The highest BCUT2D eigenvalue weighted by Crippen LogP contribution is 2.59. The zero-order valence-electron chi connectivity index (χ0n) is 36.3. The summed E-state index contributed by atoms with van der Waals surface area (Å²) >= 11 is 0. The average molecular weight is 801 g/mol. The van der Waals surface area contributed by atoms with Crippen molar-refractivity contribution in [2.24, 2.45) is 33.5 Å². The summed E-state index contributed by atoms with van der Waals surface area (Å²) in [5.41, 5.74) is 22.2. The first-order valence-electron chi connectivity index (χ1n) is 22.1. The number of rotatable bonds is 8. The quantitative estimate of drug-likeness (QED) is 0.159. The fourth-order valence-electron chi connectivity index (χ4n) is 10.8. The summed E-state index contributed by atoms with van der Waals surface area (Å²) in [6, 6.07) is 35.7. The maximum atomic E-state index is 7.57. The second-order valence-corrected chi connectivity index (χ2v) is 17.9. The Hall–Kier alpha value is -6.24. The maximum Gasteiger partial charge on any atom is 0.159 e. The van der Waals surface area contributed by atoms with E-state index in [9.17, 15) is 0 Å². The van der Waals surface area contributed by atoms with Crippen molar-refractivity contribution in [1.82, 2.24) is 14.4 Å². The van der Waals surface area contributed by atoms with Crippen molar-refractivity contribution in [2.45, 2.75) is 64.8 Å². The highest BCUT2D eigenvalue weighted by atomic mass is 15.4. The smallest absolute Gasteiger partial charge is 0.159 e. The first kappa shape index (κ1) is 38.9. The summed E-state index contributed by atoms with van der Waals surface area (Å²) in [7, 11) is 4.23. The van der Waals surface area contributed by atoms with E-state index in [0.29, 0.717) is 17.8 Å². The monoisotopic (exact) mass is 800 g/mol. The summed E-state index contributed by atoms with van der Waals surface area (Å²) in [6.45, 7) is 9.16. The predicted molar refractivity (Wildman–Crippen MR) is 254 cm³/mol. The van der Waals surface area contributed by atoms with Crippen LogP contribution in [0.2, 0.25) is 0 Å². The zero-order chi connectivity index (χ0) is 42.0. The molecule has 6 unspecified atom stereocenters. The van der Waals surface area contributed by atoms with E-state index in [0.717, 1.165) is 42.1 Å². The van der Waals surface area contributed by atoms with E-state index in [2.05, 4.69) is 202 Å². The molecule has 5 aliphatic rings. The predicted octanol–water partition coefficient (Wildman–Crippen LogP) is 11.6. The molecule has 306 valence electrons. The van der Waals surface area contributed by atoms with Crippen molar-refractivity contribution in [2.75, 3.05) is 14.1 Å². The number of likely N-dealkylation sites (N-methyl/N-ethyl adjacent to an activating group) is 1. The van der Waals surface area contributed by atoms with Crippen LogP contribution in [-0.2, 0) is 11.8 Å². The number of hydrogen-bond donors (Lipinski definition) is 1. The molecule has 4 aromatic carbocycles. The summed E-state index contributed by atoms with van der Waals surface area (Å²) < 4.78 is 2.39. The number of hydrogen-bond acceptors (Lipinski definition) is 5. The number of nitrogens with two attached hydrogens (primary N) is 1. The van der Waals surface area contributed by atoms with Gasteiger partial charge >= 0.3 is 0 Å². The van der Waals surface area contributed by atoms with Crippen molar-refractivity contribution in [3.8, 4) is 11.1 Å². The lowest BCUT2D eigenvalue weighted by Gasteiger charge is -2.39.